The van der Waals surface area contributed by atoms with Gasteiger partial charge in [0, 0.05) is 18.1 Å². The highest BCUT2D eigenvalue weighted by molar-refractivity contribution is 9.10. The Kier molecular flexibility index (Phi) is 5.96. The van der Waals surface area contributed by atoms with Crippen LogP contribution in [-0.2, 0) is 9.53 Å². The second-order valence-electron chi connectivity index (χ2n) is 6.95. The monoisotopic (exact) mass is 424 g/mol. The number of halogens is 1. The van der Waals surface area contributed by atoms with Gasteiger partial charge in [0.25, 0.3) is 0 Å². The van der Waals surface area contributed by atoms with Crippen LogP contribution in [0.25, 0.3) is 11.0 Å². The Morgan fingerprint density at radius 1 is 1.50 bits per heavy atom. The van der Waals surface area contributed by atoms with E-state index < -0.39 is 12.5 Å². The Balaban J connectivity index is 1.84. The molecule has 0 aliphatic carbocycles. The highest BCUT2D eigenvalue weighted by atomic mass is 79.9. The van der Waals surface area contributed by atoms with E-state index in [1.807, 2.05) is 36.9 Å². The summed E-state index contributed by atoms with van der Waals surface area (Å²) in [5.74, 6) is 0.777. The van der Waals surface area contributed by atoms with Crippen molar-refractivity contribution in [1.29, 1.82) is 0 Å². The zero-order valence-corrected chi connectivity index (χ0v) is 16.8. The molecule has 1 fully saturated rings. The molecule has 1 aliphatic heterocycles. The number of carbonyl (C=O) groups is 1. The number of amides is 1. The smallest absolute Gasteiger partial charge is 0.240 e. The number of aromatic amines is 1. The fourth-order valence-electron chi connectivity index (χ4n) is 3.42. The first kappa shape index (κ1) is 19.3. The van der Waals surface area contributed by atoms with Gasteiger partial charge in [-0.3, -0.25) is 10.1 Å². The van der Waals surface area contributed by atoms with Gasteiger partial charge in [0.15, 0.2) is 0 Å². The predicted molar refractivity (Wildman–Crippen MR) is 102 cm³/mol. The third-order valence-corrected chi connectivity index (χ3v) is 5.29. The minimum absolute atomic E-state index is 0.0141. The largest absolute Gasteiger partial charge is 0.356 e. The number of aliphatic hydroxyl groups excluding tert-OH is 1. The zero-order valence-electron chi connectivity index (χ0n) is 15.2. The molecule has 0 radical (unpaired) electrons. The molecule has 7 nitrogen and oxygen atoms in total. The molecule has 1 aromatic carbocycles. The van der Waals surface area contributed by atoms with Gasteiger partial charge in [-0.15, -0.1) is 0 Å². The Bertz CT molecular complexity index is 779. The van der Waals surface area contributed by atoms with Gasteiger partial charge in [-0.25, -0.2) is 4.98 Å². The first-order valence-electron chi connectivity index (χ1n) is 8.83. The number of H-pyrrole nitrogens is 1. The maximum absolute atomic E-state index is 13.1. The molecular weight excluding hydrogens is 400 g/mol. The number of hydrogen-bond acceptors (Lipinski definition) is 5. The molecule has 0 bridgehead atoms. The van der Waals surface area contributed by atoms with Crippen LogP contribution in [0, 0.1) is 5.92 Å². The van der Waals surface area contributed by atoms with Crippen LogP contribution in [0.15, 0.2) is 22.7 Å². The van der Waals surface area contributed by atoms with Crippen LogP contribution >= 0.6 is 15.9 Å². The SMILES string of the molecule is COC(O)N[C@H](C(=O)N1CCC[C@H]1c1nc2ccc(Br)cc2[nH]1)C(C)C. The van der Waals surface area contributed by atoms with Crippen molar-refractivity contribution in [3.05, 3.63) is 28.5 Å². The first-order valence-corrected chi connectivity index (χ1v) is 9.62. The Morgan fingerprint density at radius 3 is 2.96 bits per heavy atom. The van der Waals surface area contributed by atoms with Crippen molar-refractivity contribution < 1.29 is 14.6 Å². The number of benzene rings is 1. The van der Waals surface area contributed by atoms with E-state index in [1.165, 1.54) is 7.11 Å². The normalized spacial score (nSPS) is 20.1. The second kappa shape index (κ2) is 8.04. The standard InChI is InChI=1S/C18H25BrN4O3/c1-10(2)15(22-18(25)26-3)17(24)23-8-4-5-14(23)16-20-12-7-6-11(19)9-13(12)21-16/h6-7,9-10,14-15,18,22,25H,4-5,8H2,1-3H3,(H,20,21)/t14-,15-,18?/m0/s1. The van der Waals surface area contributed by atoms with Crippen molar-refractivity contribution in [3.63, 3.8) is 0 Å². The van der Waals surface area contributed by atoms with Crippen LogP contribution in [0.1, 0.15) is 38.6 Å². The van der Waals surface area contributed by atoms with Crippen molar-refractivity contribution in [3.8, 4) is 0 Å². The lowest BCUT2D eigenvalue weighted by atomic mass is 10.0. The van der Waals surface area contributed by atoms with Crippen molar-refractivity contribution >= 4 is 32.9 Å². The fourth-order valence-corrected chi connectivity index (χ4v) is 3.78. The molecule has 1 aliphatic rings. The molecule has 142 valence electrons. The molecule has 1 aromatic heterocycles. The Morgan fingerprint density at radius 2 is 2.27 bits per heavy atom. The van der Waals surface area contributed by atoms with Crippen LogP contribution < -0.4 is 5.32 Å². The highest BCUT2D eigenvalue weighted by Crippen LogP contribution is 2.33. The molecule has 3 N–H and O–H groups in total. The summed E-state index contributed by atoms with van der Waals surface area (Å²) in [4.78, 5) is 23.0. The van der Waals surface area contributed by atoms with Crippen molar-refractivity contribution in [1.82, 2.24) is 20.2 Å². The molecule has 8 heteroatoms. The number of fused-ring (bicyclic) bond motifs is 1. The van der Waals surface area contributed by atoms with Gasteiger partial charge < -0.3 is 19.7 Å². The molecule has 2 heterocycles. The van der Waals surface area contributed by atoms with E-state index in [9.17, 15) is 9.90 Å². The van der Waals surface area contributed by atoms with Crippen LogP contribution in [0.4, 0.5) is 0 Å². The number of likely N-dealkylation sites (tertiary alicyclic amines) is 1. The van der Waals surface area contributed by atoms with Crippen LogP contribution in [0.5, 0.6) is 0 Å². The molecule has 3 atom stereocenters. The average molecular weight is 425 g/mol. The lowest BCUT2D eigenvalue weighted by Gasteiger charge is -2.31. The zero-order chi connectivity index (χ0) is 18.8. The number of imidazole rings is 1. The number of methoxy groups -OCH3 is 1. The summed E-state index contributed by atoms with van der Waals surface area (Å²) in [5, 5.41) is 12.6. The predicted octanol–water partition coefficient (Wildman–Crippen LogP) is 2.53. The summed E-state index contributed by atoms with van der Waals surface area (Å²) in [6, 6.07) is 5.28. The lowest BCUT2D eigenvalue weighted by molar-refractivity contribution is -0.145. The molecule has 0 spiro atoms. The minimum atomic E-state index is -1.17. The topological polar surface area (TPSA) is 90.5 Å². The van der Waals surface area contributed by atoms with E-state index in [1.54, 1.807) is 0 Å². The van der Waals surface area contributed by atoms with Crippen LogP contribution in [-0.4, -0.2) is 52.0 Å². The van der Waals surface area contributed by atoms with Gasteiger partial charge in [0.2, 0.25) is 12.3 Å². The molecule has 1 unspecified atom stereocenters. The number of rotatable bonds is 6. The average Bonchev–Trinajstić information content (AvgIpc) is 3.24. The Labute approximate surface area is 161 Å². The van der Waals surface area contributed by atoms with E-state index >= 15 is 0 Å². The van der Waals surface area contributed by atoms with Gasteiger partial charge in [0.05, 0.1) is 23.1 Å². The quantitative estimate of drug-likeness (QED) is 0.619. The number of ether oxygens (including phenoxy) is 1. The van der Waals surface area contributed by atoms with E-state index in [2.05, 4.69) is 31.2 Å². The number of carbonyl (C=O) groups excluding carboxylic acids is 1. The van der Waals surface area contributed by atoms with E-state index in [0.29, 0.717) is 6.54 Å². The molecule has 2 aromatic rings. The van der Waals surface area contributed by atoms with E-state index in [-0.39, 0.29) is 17.9 Å². The molecule has 1 amide bonds. The van der Waals surface area contributed by atoms with Crippen LogP contribution in [0.2, 0.25) is 0 Å². The van der Waals surface area contributed by atoms with Gasteiger partial charge in [-0.2, -0.15) is 0 Å². The molecular formula is C18H25BrN4O3. The number of nitrogens with one attached hydrogen (secondary N) is 2. The van der Waals surface area contributed by atoms with Crippen molar-refractivity contribution in [2.45, 2.75) is 45.2 Å². The molecule has 1 saturated heterocycles. The maximum atomic E-state index is 13.1. The van der Waals surface area contributed by atoms with E-state index in [4.69, 9.17) is 4.74 Å². The summed E-state index contributed by atoms with van der Waals surface area (Å²) in [7, 11) is 1.39. The molecule has 26 heavy (non-hydrogen) atoms. The molecule has 0 saturated carbocycles. The third-order valence-electron chi connectivity index (χ3n) is 4.79. The summed E-state index contributed by atoms with van der Waals surface area (Å²) in [6.07, 6.45) is 0.620. The summed E-state index contributed by atoms with van der Waals surface area (Å²) >= 11 is 3.47. The van der Waals surface area contributed by atoms with E-state index in [0.717, 1.165) is 34.2 Å². The van der Waals surface area contributed by atoms with Gasteiger partial charge in [-0.1, -0.05) is 29.8 Å². The first-order chi connectivity index (χ1) is 12.4. The third kappa shape index (κ3) is 3.93. The van der Waals surface area contributed by atoms with Gasteiger partial charge in [0.1, 0.15) is 5.82 Å². The van der Waals surface area contributed by atoms with Crippen molar-refractivity contribution in [2.75, 3.05) is 13.7 Å². The lowest BCUT2D eigenvalue weighted by Crippen LogP contribution is -2.52. The number of aliphatic hydroxyl groups is 1. The highest BCUT2D eigenvalue weighted by Gasteiger charge is 2.37. The summed E-state index contributed by atoms with van der Waals surface area (Å²) in [6.45, 7) is 4.57. The summed E-state index contributed by atoms with van der Waals surface area (Å²) in [5.41, 5.74) is 1.83. The fraction of sp³-hybridized carbons (Fsp3) is 0.556. The second-order valence-corrected chi connectivity index (χ2v) is 7.87. The number of aromatic nitrogens is 2. The number of nitrogens with zero attached hydrogens (tertiary/aromatic N) is 2. The molecule has 3 rings (SSSR count). The maximum Gasteiger partial charge on any atom is 0.240 e. The van der Waals surface area contributed by atoms with Gasteiger partial charge in [-0.05, 0) is 37.0 Å². The van der Waals surface area contributed by atoms with Gasteiger partial charge >= 0.3 is 0 Å². The number of hydrogen-bond donors (Lipinski definition) is 3. The van der Waals surface area contributed by atoms with Crippen molar-refractivity contribution in [2.24, 2.45) is 5.92 Å². The minimum Gasteiger partial charge on any atom is -0.356 e. The van der Waals surface area contributed by atoms with Crippen LogP contribution in [0.3, 0.4) is 0 Å². The summed E-state index contributed by atoms with van der Waals surface area (Å²) < 4.78 is 5.84. The Hall–Kier alpha value is -1.48.